The molecule has 0 saturated carbocycles. The maximum Gasteiger partial charge on any atom is 0.334 e. The molecule has 0 bridgehead atoms. The maximum atomic E-state index is 13.2. The maximum absolute atomic E-state index is 13.2. The Morgan fingerprint density at radius 2 is 1.96 bits per heavy atom. The largest absolute Gasteiger partial charge is 0.358 e. The van der Waals surface area contributed by atoms with E-state index in [9.17, 15) is 14.0 Å². The molecule has 2 N–H and O–H groups in total. The van der Waals surface area contributed by atoms with Gasteiger partial charge in [-0.15, -0.1) is 0 Å². The standard InChI is InChI=1S/C18H16FN5O2/c19-13-3-5-14(6-4-13)24-16-15(17(25)22-18(24)26)10-23(11-21-16)9-12-2-1-7-20-8-12/h1-8,21H,9-11H2,(H,22,25,26). The van der Waals surface area contributed by atoms with Crippen molar-refractivity contribution in [1.82, 2.24) is 19.4 Å². The first-order valence-corrected chi connectivity index (χ1v) is 8.11. The van der Waals surface area contributed by atoms with Crippen LogP contribution >= 0.6 is 0 Å². The average Bonchev–Trinajstić information content (AvgIpc) is 2.64. The molecule has 0 atom stereocenters. The van der Waals surface area contributed by atoms with E-state index in [1.165, 1.54) is 28.8 Å². The fourth-order valence-electron chi connectivity index (χ4n) is 3.07. The van der Waals surface area contributed by atoms with Crippen molar-refractivity contribution in [3.05, 3.63) is 86.6 Å². The van der Waals surface area contributed by atoms with Gasteiger partial charge in [0.15, 0.2) is 0 Å². The molecule has 0 amide bonds. The lowest BCUT2D eigenvalue weighted by molar-refractivity contribution is 0.263. The number of halogens is 1. The van der Waals surface area contributed by atoms with E-state index in [1.54, 1.807) is 12.4 Å². The zero-order valence-electron chi connectivity index (χ0n) is 13.8. The summed E-state index contributed by atoms with van der Waals surface area (Å²) in [6.45, 7) is 1.47. The molecule has 1 aliphatic rings. The number of pyridine rings is 1. The summed E-state index contributed by atoms with van der Waals surface area (Å²) in [6, 6.07) is 9.37. The van der Waals surface area contributed by atoms with Crippen LogP contribution in [0.5, 0.6) is 0 Å². The van der Waals surface area contributed by atoms with Crippen molar-refractivity contribution in [2.45, 2.75) is 13.1 Å². The predicted molar refractivity (Wildman–Crippen MR) is 94.6 cm³/mol. The van der Waals surface area contributed by atoms with Crippen molar-refractivity contribution in [2.24, 2.45) is 0 Å². The molecule has 0 spiro atoms. The lowest BCUT2D eigenvalue weighted by Gasteiger charge is -2.30. The van der Waals surface area contributed by atoms with Gasteiger partial charge in [0.2, 0.25) is 0 Å². The van der Waals surface area contributed by atoms with Crippen LogP contribution in [0.15, 0.2) is 58.4 Å². The Hall–Kier alpha value is -3.26. The number of anilines is 1. The smallest absolute Gasteiger partial charge is 0.334 e. The lowest BCUT2D eigenvalue weighted by Crippen LogP contribution is -2.42. The molecule has 3 aromatic rings. The Kier molecular flexibility index (Phi) is 4.10. The number of aromatic nitrogens is 3. The summed E-state index contributed by atoms with van der Waals surface area (Å²) in [4.78, 5) is 33.1. The summed E-state index contributed by atoms with van der Waals surface area (Å²) in [6.07, 6.45) is 3.48. The van der Waals surface area contributed by atoms with Gasteiger partial charge in [0, 0.05) is 25.5 Å². The molecule has 0 saturated heterocycles. The van der Waals surface area contributed by atoms with Gasteiger partial charge in [-0.2, -0.15) is 0 Å². The normalized spacial score (nSPS) is 13.9. The van der Waals surface area contributed by atoms with E-state index in [4.69, 9.17) is 0 Å². The second-order valence-electron chi connectivity index (χ2n) is 6.08. The first kappa shape index (κ1) is 16.2. The topological polar surface area (TPSA) is 83.0 Å². The van der Waals surface area contributed by atoms with Gasteiger partial charge in [0.25, 0.3) is 5.56 Å². The number of hydrogen-bond donors (Lipinski definition) is 2. The summed E-state index contributed by atoms with van der Waals surface area (Å²) in [7, 11) is 0. The molecular formula is C18H16FN5O2. The Morgan fingerprint density at radius 1 is 1.15 bits per heavy atom. The number of aromatic amines is 1. The molecule has 1 aromatic carbocycles. The first-order chi connectivity index (χ1) is 12.6. The quantitative estimate of drug-likeness (QED) is 0.745. The number of hydrogen-bond acceptors (Lipinski definition) is 5. The van der Waals surface area contributed by atoms with Gasteiger partial charge in [-0.25, -0.2) is 13.8 Å². The molecule has 2 aromatic heterocycles. The highest BCUT2D eigenvalue weighted by molar-refractivity contribution is 5.51. The summed E-state index contributed by atoms with van der Waals surface area (Å²) < 4.78 is 14.6. The van der Waals surface area contributed by atoms with Crippen molar-refractivity contribution in [3.8, 4) is 5.69 Å². The van der Waals surface area contributed by atoms with Crippen LogP contribution in [0.3, 0.4) is 0 Å². The zero-order valence-corrected chi connectivity index (χ0v) is 13.8. The Labute approximate surface area is 147 Å². The molecule has 4 rings (SSSR count). The first-order valence-electron chi connectivity index (χ1n) is 8.11. The monoisotopic (exact) mass is 353 g/mol. The molecule has 0 unspecified atom stereocenters. The molecule has 26 heavy (non-hydrogen) atoms. The molecule has 7 nitrogen and oxygen atoms in total. The molecule has 1 aliphatic heterocycles. The summed E-state index contributed by atoms with van der Waals surface area (Å²) in [5, 5.41) is 3.15. The second kappa shape index (κ2) is 6.57. The second-order valence-corrected chi connectivity index (χ2v) is 6.08. The Bertz CT molecular complexity index is 1040. The zero-order chi connectivity index (χ0) is 18.1. The number of H-pyrrole nitrogens is 1. The van der Waals surface area contributed by atoms with Crippen LogP contribution in [-0.4, -0.2) is 26.1 Å². The van der Waals surface area contributed by atoms with Gasteiger partial charge >= 0.3 is 5.69 Å². The average molecular weight is 353 g/mol. The fraction of sp³-hybridized carbons (Fsp3) is 0.167. The predicted octanol–water partition coefficient (Wildman–Crippen LogP) is 1.45. The summed E-state index contributed by atoms with van der Waals surface area (Å²) in [5.41, 5.74) is 0.988. The number of nitrogens with zero attached hydrogens (tertiary/aromatic N) is 3. The molecule has 3 heterocycles. The van der Waals surface area contributed by atoms with E-state index < -0.39 is 17.1 Å². The van der Waals surface area contributed by atoms with Crippen LogP contribution in [0, 0.1) is 5.82 Å². The van der Waals surface area contributed by atoms with Crippen molar-refractivity contribution >= 4 is 5.82 Å². The van der Waals surface area contributed by atoms with Crippen molar-refractivity contribution in [1.29, 1.82) is 0 Å². The molecule has 0 radical (unpaired) electrons. The minimum Gasteiger partial charge on any atom is -0.358 e. The Balaban J connectivity index is 1.71. The van der Waals surface area contributed by atoms with Crippen LogP contribution in [0.4, 0.5) is 10.2 Å². The van der Waals surface area contributed by atoms with Crippen LogP contribution in [0.1, 0.15) is 11.1 Å². The molecule has 0 fully saturated rings. The third-order valence-corrected chi connectivity index (χ3v) is 4.27. The van der Waals surface area contributed by atoms with Crippen molar-refractivity contribution in [2.75, 3.05) is 12.0 Å². The van der Waals surface area contributed by atoms with Crippen LogP contribution in [0.25, 0.3) is 5.69 Å². The SMILES string of the molecule is O=c1[nH]c(=O)n(-c2ccc(F)cc2)c2c1CN(Cc1cccnc1)CN2. The van der Waals surface area contributed by atoms with Gasteiger partial charge < -0.3 is 5.32 Å². The van der Waals surface area contributed by atoms with Crippen LogP contribution in [0.2, 0.25) is 0 Å². The number of benzene rings is 1. The van der Waals surface area contributed by atoms with Gasteiger partial charge in [-0.1, -0.05) is 6.07 Å². The van der Waals surface area contributed by atoms with E-state index in [0.29, 0.717) is 36.8 Å². The van der Waals surface area contributed by atoms with Gasteiger partial charge in [-0.3, -0.25) is 19.7 Å². The van der Waals surface area contributed by atoms with Crippen molar-refractivity contribution in [3.63, 3.8) is 0 Å². The van der Waals surface area contributed by atoms with Gasteiger partial charge in [0.05, 0.1) is 17.9 Å². The van der Waals surface area contributed by atoms with E-state index >= 15 is 0 Å². The highest BCUT2D eigenvalue weighted by Gasteiger charge is 2.23. The van der Waals surface area contributed by atoms with Gasteiger partial charge in [0.1, 0.15) is 11.6 Å². The molecule has 132 valence electrons. The van der Waals surface area contributed by atoms with Crippen molar-refractivity contribution < 1.29 is 4.39 Å². The van der Waals surface area contributed by atoms with Crippen LogP contribution < -0.4 is 16.6 Å². The molecular weight excluding hydrogens is 337 g/mol. The number of nitrogens with one attached hydrogen (secondary N) is 2. The fourth-order valence-corrected chi connectivity index (χ4v) is 3.07. The number of fused-ring (bicyclic) bond motifs is 1. The Morgan fingerprint density at radius 3 is 2.69 bits per heavy atom. The molecule has 8 heteroatoms. The van der Waals surface area contributed by atoms with E-state index in [1.807, 2.05) is 17.0 Å². The minimum absolute atomic E-state index is 0.383. The minimum atomic E-state index is -0.562. The number of rotatable bonds is 3. The van der Waals surface area contributed by atoms with E-state index in [0.717, 1.165) is 5.56 Å². The third-order valence-electron chi connectivity index (χ3n) is 4.27. The summed E-state index contributed by atoms with van der Waals surface area (Å²) in [5.74, 6) is 0.0449. The van der Waals surface area contributed by atoms with Gasteiger partial charge in [-0.05, 0) is 35.9 Å². The van der Waals surface area contributed by atoms with Crippen LogP contribution in [-0.2, 0) is 13.1 Å². The highest BCUT2D eigenvalue weighted by Crippen LogP contribution is 2.22. The van der Waals surface area contributed by atoms with E-state index in [-0.39, 0.29) is 0 Å². The third kappa shape index (κ3) is 3.02. The van der Waals surface area contributed by atoms with E-state index in [2.05, 4.69) is 15.3 Å². The summed E-state index contributed by atoms with van der Waals surface area (Å²) >= 11 is 0. The highest BCUT2D eigenvalue weighted by atomic mass is 19.1. The molecule has 0 aliphatic carbocycles. The lowest BCUT2D eigenvalue weighted by atomic mass is 10.2.